The van der Waals surface area contributed by atoms with Crippen molar-refractivity contribution in [1.29, 1.82) is 0 Å². The van der Waals surface area contributed by atoms with E-state index in [4.69, 9.17) is 9.47 Å². The van der Waals surface area contributed by atoms with Gasteiger partial charge in [-0.25, -0.2) is 4.79 Å². The first kappa shape index (κ1) is 14.1. The van der Waals surface area contributed by atoms with Crippen LogP contribution in [0.5, 0.6) is 0 Å². The highest BCUT2D eigenvalue weighted by atomic mass is 16.5. The molecule has 0 heterocycles. The first-order valence-electron chi connectivity index (χ1n) is 6.99. The Labute approximate surface area is 114 Å². The molecule has 0 aromatic rings. The molecule has 0 spiro atoms. The lowest BCUT2D eigenvalue weighted by Crippen LogP contribution is -2.28. The molecule has 106 valence electrons. The van der Waals surface area contributed by atoms with Crippen molar-refractivity contribution in [2.45, 2.75) is 58.2 Å². The predicted molar refractivity (Wildman–Crippen MR) is 70.3 cm³/mol. The molecule has 0 radical (unpaired) electrons. The Bertz CT molecular complexity index is 388. The van der Waals surface area contributed by atoms with Gasteiger partial charge in [-0.3, -0.25) is 4.79 Å². The van der Waals surface area contributed by atoms with Crippen molar-refractivity contribution in [1.82, 2.24) is 0 Å². The van der Waals surface area contributed by atoms with Crippen LogP contribution in [0.2, 0.25) is 0 Å². The van der Waals surface area contributed by atoms with Crippen LogP contribution in [-0.4, -0.2) is 24.1 Å². The zero-order valence-corrected chi connectivity index (χ0v) is 11.7. The number of hydrogen-bond donors (Lipinski definition) is 0. The molecule has 0 saturated heterocycles. The number of carbonyl (C=O) groups excluding carboxylic acids is 2. The van der Waals surface area contributed by atoms with Crippen LogP contribution >= 0.6 is 0 Å². The summed E-state index contributed by atoms with van der Waals surface area (Å²) in [5, 5.41) is 0. The zero-order valence-electron chi connectivity index (χ0n) is 11.7. The van der Waals surface area contributed by atoms with Crippen LogP contribution in [0.3, 0.4) is 0 Å². The molecule has 2 aliphatic carbocycles. The minimum absolute atomic E-state index is 0.00141. The van der Waals surface area contributed by atoms with Crippen molar-refractivity contribution >= 4 is 11.9 Å². The van der Waals surface area contributed by atoms with E-state index in [2.05, 4.69) is 6.58 Å². The maximum atomic E-state index is 11.5. The van der Waals surface area contributed by atoms with Crippen molar-refractivity contribution in [2.24, 2.45) is 11.8 Å². The van der Waals surface area contributed by atoms with Gasteiger partial charge in [0.15, 0.2) is 0 Å². The molecule has 0 aliphatic heterocycles. The Morgan fingerprint density at radius 3 is 2.21 bits per heavy atom. The van der Waals surface area contributed by atoms with Gasteiger partial charge in [0.2, 0.25) is 0 Å². The third-order valence-corrected chi connectivity index (χ3v) is 4.18. The number of fused-ring (bicyclic) bond motifs is 1. The molecule has 0 amide bonds. The van der Waals surface area contributed by atoms with Gasteiger partial charge in [0.05, 0.1) is 0 Å². The predicted octanol–water partition coefficient (Wildman–Crippen LogP) is 2.62. The zero-order chi connectivity index (χ0) is 14.0. The van der Waals surface area contributed by atoms with E-state index in [-0.39, 0.29) is 24.1 Å². The number of ether oxygens (including phenoxy) is 2. The van der Waals surface area contributed by atoms with Crippen LogP contribution in [0.1, 0.15) is 46.0 Å². The van der Waals surface area contributed by atoms with Crippen LogP contribution in [0.25, 0.3) is 0 Å². The van der Waals surface area contributed by atoms with Crippen molar-refractivity contribution in [2.75, 3.05) is 0 Å². The fraction of sp³-hybridized carbons (Fsp3) is 0.733. The smallest absolute Gasteiger partial charge is 0.333 e. The third-order valence-electron chi connectivity index (χ3n) is 4.18. The van der Waals surface area contributed by atoms with Gasteiger partial charge in [0, 0.05) is 12.5 Å². The van der Waals surface area contributed by atoms with E-state index in [0.29, 0.717) is 17.4 Å². The number of esters is 2. The van der Waals surface area contributed by atoms with E-state index in [9.17, 15) is 9.59 Å². The third kappa shape index (κ3) is 3.58. The molecular weight excluding hydrogens is 244 g/mol. The lowest BCUT2D eigenvalue weighted by molar-refractivity contribution is -0.147. The topological polar surface area (TPSA) is 52.6 Å². The summed E-state index contributed by atoms with van der Waals surface area (Å²) in [5.41, 5.74) is 0.450. The maximum Gasteiger partial charge on any atom is 0.333 e. The van der Waals surface area contributed by atoms with E-state index >= 15 is 0 Å². The van der Waals surface area contributed by atoms with Crippen LogP contribution in [0.4, 0.5) is 0 Å². The Hall–Kier alpha value is -1.32. The van der Waals surface area contributed by atoms with Crippen LogP contribution in [0.15, 0.2) is 12.2 Å². The lowest BCUT2D eigenvalue weighted by atomic mass is 9.80. The molecule has 4 unspecified atom stereocenters. The Kier molecular flexibility index (Phi) is 4.27. The van der Waals surface area contributed by atoms with Crippen molar-refractivity contribution < 1.29 is 19.1 Å². The van der Waals surface area contributed by atoms with Gasteiger partial charge in [-0.05, 0) is 50.9 Å². The Morgan fingerprint density at radius 1 is 0.947 bits per heavy atom. The van der Waals surface area contributed by atoms with Gasteiger partial charge in [-0.1, -0.05) is 6.58 Å². The molecule has 0 N–H and O–H groups in total. The molecular formula is C15H22O4. The molecule has 0 aromatic carbocycles. The summed E-state index contributed by atoms with van der Waals surface area (Å²) >= 11 is 0. The number of carbonyl (C=O) groups is 2. The van der Waals surface area contributed by atoms with Gasteiger partial charge in [-0.15, -0.1) is 0 Å². The average molecular weight is 266 g/mol. The molecule has 2 aliphatic rings. The molecule has 4 nitrogen and oxygen atoms in total. The van der Waals surface area contributed by atoms with Crippen molar-refractivity contribution in [3.05, 3.63) is 12.2 Å². The fourth-order valence-corrected chi connectivity index (χ4v) is 3.34. The molecule has 2 saturated carbocycles. The van der Waals surface area contributed by atoms with E-state index in [1.807, 2.05) is 0 Å². The first-order valence-corrected chi connectivity index (χ1v) is 6.99. The highest BCUT2D eigenvalue weighted by Crippen LogP contribution is 2.44. The fourth-order valence-electron chi connectivity index (χ4n) is 3.34. The summed E-state index contributed by atoms with van der Waals surface area (Å²) in [5.74, 6) is 0.636. The summed E-state index contributed by atoms with van der Waals surface area (Å²) in [6.45, 7) is 6.72. The molecule has 2 rings (SSSR count). The summed E-state index contributed by atoms with van der Waals surface area (Å²) in [6, 6.07) is 0. The van der Waals surface area contributed by atoms with Gasteiger partial charge >= 0.3 is 11.9 Å². The Morgan fingerprint density at radius 2 is 1.58 bits per heavy atom. The van der Waals surface area contributed by atoms with Crippen LogP contribution < -0.4 is 0 Å². The highest BCUT2D eigenvalue weighted by molar-refractivity contribution is 5.87. The summed E-state index contributed by atoms with van der Waals surface area (Å²) in [6.07, 6.45) is 4.78. The van der Waals surface area contributed by atoms with E-state index < -0.39 is 0 Å². The van der Waals surface area contributed by atoms with Gasteiger partial charge in [-0.2, -0.15) is 0 Å². The minimum atomic E-state index is -0.294. The summed E-state index contributed by atoms with van der Waals surface area (Å²) in [7, 11) is 0. The molecule has 4 heteroatoms. The second-order valence-electron chi connectivity index (χ2n) is 5.84. The van der Waals surface area contributed by atoms with Gasteiger partial charge in [0.25, 0.3) is 0 Å². The van der Waals surface area contributed by atoms with Gasteiger partial charge < -0.3 is 9.47 Å². The molecule has 0 aromatic heterocycles. The number of rotatable bonds is 3. The average Bonchev–Trinajstić information content (AvgIpc) is 2.69. The summed E-state index contributed by atoms with van der Waals surface area (Å²) in [4.78, 5) is 22.5. The van der Waals surface area contributed by atoms with Crippen molar-refractivity contribution in [3.63, 3.8) is 0 Å². The minimum Gasteiger partial charge on any atom is -0.463 e. The second-order valence-corrected chi connectivity index (χ2v) is 5.84. The van der Waals surface area contributed by atoms with E-state index in [0.717, 1.165) is 32.1 Å². The maximum absolute atomic E-state index is 11.5. The molecule has 4 atom stereocenters. The monoisotopic (exact) mass is 266 g/mol. The molecule has 19 heavy (non-hydrogen) atoms. The molecule has 0 bridgehead atoms. The van der Waals surface area contributed by atoms with Crippen LogP contribution in [-0.2, 0) is 19.1 Å². The lowest BCUT2D eigenvalue weighted by Gasteiger charge is -2.31. The highest BCUT2D eigenvalue weighted by Gasteiger charge is 2.40. The Balaban J connectivity index is 1.85. The van der Waals surface area contributed by atoms with Crippen molar-refractivity contribution in [3.8, 4) is 0 Å². The van der Waals surface area contributed by atoms with Crippen LogP contribution in [0, 0.1) is 11.8 Å². The first-order chi connectivity index (χ1) is 8.95. The number of hydrogen-bond acceptors (Lipinski definition) is 4. The normalized spacial score (nSPS) is 33.4. The largest absolute Gasteiger partial charge is 0.463 e. The second kappa shape index (κ2) is 5.76. The standard InChI is InChI=1S/C15H22O4/c1-9(2)15(17)19-13-5-4-11-6-14(18-10(3)16)8-12(11)7-13/h11-14H,1,4-8H2,2-3H3. The van der Waals surface area contributed by atoms with E-state index in [1.54, 1.807) is 6.92 Å². The SMILES string of the molecule is C=C(C)C(=O)OC1CCC2CC(OC(C)=O)CC2C1. The van der Waals surface area contributed by atoms with E-state index in [1.165, 1.54) is 6.92 Å². The quantitative estimate of drug-likeness (QED) is 0.582. The van der Waals surface area contributed by atoms with Gasteiger partial charge in [0.1, 0.15) is 12.2 Å². The molecule has 2 fully saturated rings. The summed E-state index contributed by atoms with van der Waals surface area (Å²) < 4.78 is 10.7.